The number of esters is 32. The third kappa shape index (κ3) is 9.56. The van der Waals surface area contributed by atoms with Crippen molar-refractivity contribution < 1.29 is 229 Å². The molecule has 0 bridgehead atoms. The molecule has 0 aromatic rings. The lowest BCUT2D eigenvalue weighted by Crippen LogP contribution is -2.77. The molecule has 0 aromatic heterocycles. The van der Waals surface area contributed by atoms with Gasteiger partial charge in [-0.2, -0.15) is 0 Å². The zero-order chi connectivity index (χ0) is 92.3. The second kappa shape index (κ2) is 26.0. The highest BCUT2D eigenvalue weighted by molar-refractivity contribution is 6.55. The minimum atomic E-state index is -2.01. The maximum Gasteiger partial charge on any atom is 0.338 e. The van der Waals surface area contributed by atoms with E-state index in [0.717, 1.165) is 0 Å². The molecule has 16 aliphatic heterocycles. The third-order valence-corrected chi connectivity index (χ3v) is 32.2. The predicted octanol–water partition coefficient (Wildman–Crippen LogP) is -5.46. The van der Waals surface area contributed by atoms with E-state index >= 15 is 0 Å². The predicted molar refractivity (Wildman–Crippen MR) is 353 cm³/mol. The fraction of sp³-hybridized carbons (Fsp3) is 0.562. The lowest BCUT2D eigenvalue weighted by molar-refractivity contribution is -0.243. The number of cyclic esters (lactones) is 32. The molecule has 23 aliphatic rings. The van der Waals surface area contributed by atoms with Crippen LogP contribution in [0, 0.1) is 150 Å². The molecule has 0 spiro atoms. The summed E-state index contributed by atoms with van der Waals surface area (Å²) in [5.74, 6) is -42.0. The molecule has 52 heteroatoms. The van der Waals surface area contributed by atoms with E-state index in [1.165, 1.54) is 55.4 Å². The summed E-state index contributed by atoms with van der Waals surface area (Å²) in [6.45, 7) is 11.8. The van der Waals surface area contributed by atoms with E-state index in [0.29, 0.717) is 0 Å². The number of hydrogen-bond acceptors (Lipinski definition) is 48. The summed E-state index contributed by atoms with van der Waals surface area (Å²) in [6, 6.07) is 0. The molecule has 16 saturated heterocycles. The molecule has 125 heavy (non-hydrogen) atoms. The minimum absolute atomic E-state index is 0.147. The quantitative estimate of drug-likeness (QED) is 0.102. The lowest BCUT2D eigenvalue weighted by atomic mass is 9.27. The minimum Gasteiger partial charge on any atom is -0.393 e. The number of halogens is 4. The van der Waals surface area contributed by atoms with Crippen molar-refractivity contribution in [2.45, 2.75) is 94.1 Å². The van der Waals surface area contributed by atoms with E-state index in [4.69, 9.17) is 46.4 Å². The SMILES string of the molecule is CC12C(=O)OC(=O)C1(C)C1(C)C(=O)OC(=O)C21C.CC12C(=O)OC(=O)C1C1(C)C(=O)OC(=O)C21.CC12C(=O)OC(=O)C1C1C(=O)OC(=O)C12C.O=C1CC(C2CC(=O)OC2=O)C(=O)O1.O=C1OC(=O)C2(Cl)C1C1(Cl)C(=O)OC(=O)C21.O=C1OC(=O)C2(Cl)C1C1C(=O)OC(=O)C12Cl.O=C1OC(=O)C2C1C1C(=O)OC(=O)C21.O=C1OC(=O)C2C1CC1C(=O)OC(=O)C12. The first kappa shape index (κ1) is 85.9. The Morgan fingerprint density at radius 2 is 0.440 bits per heavy atom. The summed E-state index contributed by atoms with van der Waals surface area (Å²) in [5, 5.41) is 0. The standard InChI is InChI=1S/C12H12O6.2C10H8O6.C9H6O6.2C8H2Cl2O6.C8H4O6.C8H6O6/c1-9-5(13)17-6(14)10(9,2)12(4)8(16)18-7(15)11(9,12)3;1-9-3(5(11)15-7(9)13)10(2)4(9)6(12)16-8(10)14;1-9-3(5(11)15-7(9)13)4-6(12)16-8(14)10(4,9)2;10-6-2-1-3-5(4(2)8(12)14-6)9(13)15-7(3)11;9-7-1(3(11)15-5(7)13)8(10)2(7)4(12)16-6(8)14;9-7-1(3(11)15-5(7)13)2-4(12)16-6(14)8(2,7)10;9-5-1-2(6(10)13-5)4-3(1)7(11)14-8(4)12;9-5-1-3(7(11)13-5)4-2-6(10)14-8(4)12/h1-4H3;2*3-4H,1-2H3;2-5H,1H2;2*1-2H;1-4H;3-4H,1-2H2. The van der Waals surface area contributed by atoms with Crippen LogP contribution in [0.1, 0.15) is 74.7 Å². The van der Waals surface area contributed by atoms with Crippen molar-refractivity contribution in [2.75, 3.05) is 0 Å². The first-order valence-electron chi connectivity index (χ1n) is 36.7. The van der Waals surface area contributed by atoms with Gasteiger partial charge in [-0.25, -0.2) is 19.2 Å². The molecule has 23 fully saturated rings. The molecule has 7 aliphatic carbocycles. The molecule has 656 valence electrons. The van der Waals surface area contributed by atoms with Gasteiger partial charge >= 0.3 is 191 Å². The van der Waals surface area contributed by atoms with Crippen LogP contribution in [-0.4, -0.2) is 211 Å². The maximum absolute atomic E-state index is 12.0. The smallest absolute Gasteiger partial charge is 0.338 e. The average molecular weight is 1830 g/mol. The fourth-order valence-corrected chi connectivity index (χ4v) is 24.4. The Kier molecular flexibility index (Phi) is 17.9. The van der Waals surface area contributed by atoms with Crippen molar-refractivity contribution in [1.29, 1.82) is 0 Å². The first-order valence-corrected chi connectivity index (χ1v) is 38.2. The number of carbonyl (C=O) groups excluding carboxylic acids is 32. The van der Waals surface area contributed by atoms with Gasteiger partial charge in [-0.1, -0.05) is 0 Å². The van der Waals surface area contributed by atoms with Crippen LogP contribution in [0.3, 0.4) is 0 Å². The van der Waals surface area contributed by atoms with E-state index in [1.54, 1.807) is 0 Å². The summed E-state index contributed by atoms with van der Waals surface area (Å²) in [4.78, 5) is 356. The van der Waals surface area contributed by atoms with Crippen molar-refractivity contribution in [3.05, 3.63) is 0 Å². The molecule has 0 amide bonds. The Bertz CT molecular complexity index is 5010. The van der Waals surface area contributed by atoms with E-state index in [2.05, 4.69) is 75.8 Å². The zero-order valence-electron chi connectivity index (χ0n) is 63.6. The number of ether oxygens (including phenoxy) is 16. The van der Waals surface area contributed by atoms with Crippen LogP contribution in [-0.2, 0) is 229 Å². The van der Waals surface area contributed by atoms with Gasteiger partial charge in [0, 0.05) is 0 Å². The molecule has 16 heterocycles. The van der Waals surface area contributed by atoms with Crippen molar-refractivity contribution in [2.24, 2.45) is 150 Å². The molecule has 14 atom stereocenters. The van der Waals surface area contributed by atoms with Gasteiger partial charge < -0.3 is 75.8 Å². The van der Waals surface area contributed by atoms with Gasteiger partial charge in [-0.15, -0.1) is 46.4 Å². The monoisotopic (exact) mass is 1830 g/mol. The zero-order valence-corrected chi connectivity index (χ0v) is 66.6. The summed E-state index contributed by atoms with van der Waals surface area (Å²) in [5.41, 5.74) is -10.4. The van der Waals surface area contributed by atoms with Gasteiger partial charge in [-0.3, -0.25) is 134 Å². The van der Waals surface area contributed by atoms with Gasteiger partial charge in [0.2, 0.25) is 0 Å². The highest BCUT2D eigenvalue weighted by Crippen LogP contribution is 2.84. The molecular weight excluding hydrogens is 1790 g/mol. The molecule has 0 radical (unpaired) electrons. The summed E-state index contributed by atoms with van der Waals surface area (Å²) >= 11 is 23.5. The Hall–Kier alpha value is -12.6. The summed E-state index contributed by atoms with van der Waals surface area (Å²) in [6.07, 6.45) is -0.109. The van der Waals surface area contributed by atoms with E-state index < -0.39 is 360 Å². The molecule has 7 saturated carbocycles. The summed E-state index contributed by atoms with van der Waals surface area (Å²) in [7, 11) is 0. The van der Waals surface area contributed by atoms with Gasteiger partial charge in [0.1, 0.15) is 23.7 Å². The van der Waals surface area contributed by atoms with Gasteiger partial charge in [0.25, 0.3) is 0 Å². The number of alkyl halides is 4. The molecule has 0 N–H and O–H groups in total. The van der Waals surface area contributed by atoms with E-state index in [9.17, 15) is 153 Å². The maximum atomic E-state index is 12.0. The van der Waals surface area contributed by atoms with Crippen LogP contribution < -0.4 is 0 Å². The van der Waals surface area contributed by atoms with Crippen LogP contribution in [0.2, 0.25) is 0 Å². The molecule has 14 unspecified atom stereocenters. The Morgan fingerprint density at radius 1 is 0.208 bits per heavy atom. The van der Waals surface area contributed by atoms with E-state index in [-0.39, 0.29) is 19.3 Å². The second-order valence-electron chi connectivity index (χ2n) is 33.9. The van der Waals surface area contributed by atoms with Crippen LogP contribution in [0.15, 0.2) is 0 Å². The number of carbonyl (C=O) groups is 32. The Balaban J connectivity index is 0.000000106. The van der Waals surface area contributed by atoms with Gasteiger partial charge in [0.15, 0.2) is 19.5 Å². The highest BCUT2D eigenvalue weighted by atomic mass is 35.5. The van der Waals surface area contributed by atoms with Crippen molar-refractivity contribution in [3.8, 4) is 0 Å². The number of rotatable bonds is 1. The van der Waals surface area contributed by atoms with E-state index in [1.807, 2.05) is 0 Å². The van der Waals surface area contributed by atoms with Crippen LogP contribution in [0.25, 0.3) is 0 Å². The number of hydrogen-bond donors (Lipinski definition) is 0. The number of fused-ring (bicyclic) bond motifs is 27. The molecule has 23 rings (SSSR count). The first-order chi connectivity index (χ1) is 57.8. The van der Waals surface area contributed by atoms with Crippen molar-refractivity contribution >= 4 is 237 Å². The average Bonchev–Trinajstić information content (AvgIpc) is 1.44. The highest BCUT2D eigenvalue weighted by Gasteiger charge is 2.98. The van der Waals surface area contributed by atoms with Crippen LogP contribution in [0.4, 0.5) is 0 Å². The van der Waals surface area contributed by atoms with Crippen LogP contribution >= 0.6 is 46.4 Å². The molecule has 48 nitrogen and oxygen atoms in total. The van der Waals surface area contributed by atoms with Gasteiger partial charge in [-0.05, 0) is 61.8 Å². The Morgan fingerprint density at radius 3 is 0.720 bits per heavy atom. The summed E-state index contributed by atoms with van der Waals surface area (Å²) < 4.78 is 70.7. The molecule has 0 aromatic carbocycles. The molecular formula is C73H48Cl4O48. The second-order valence-corrected chi connectivity index (χ2v) is 36.3. The lowest BCUT2D eigenvalue weighted by Gasteiger charge is -2.65. The normalized spacial score (nSPS) is 46.6. The largest absolute Gasteiger partial charge is 0.393 e. The van der Waals surface area contributed by atoms with Crippen LogP contribution in [0.5, 0.6) is 0 Å². The van der Waals surface area contributed by atoms with Crippen molar-refractivity contribution in [1.82, 2.24) is 0 Å². The van der Waals surface area contributed by atoms with Crippen molar-refractivity contribution in [3.63, 3.8) is 0 Å². The fourth-order valence-electron chi connectivity index (χ4n) is 22.3. The topological polar surface area (TPSA) is 694 Å². The van der Waals surface area contributed by atoms with Gasteiger partial charge in [0.05, 0.1) is 139 Å². The third-order valence-electron chi connectivity index (χ3n) is 29.6. The Labute approximate surface area is 707 Å².